The van der Waals surface area contributed by atoms with Crippen molar-refractivity contribution < 1.29 is 33.2 Å². The summed E-state index contributed by atoms with van der Waals surface area (Å²) in [7, 11) is 9.28. The molecule has 7 heteroatoms. The van der Waals surface area contributed by atoms with Gasteiger partial charge in [-0.25, -0.2) is 0 Å². The Balaban J connectivity index is 2.49. The number of benzene rings is 2. The van der Waals surface area contributed by atoms with Gasteiger partial charge in [0, 0.05) is 0 Å². The van der Waals surface area contributed by atoms with Crippen molar-refractivity contribution in [3.63, 3.8) is 0 Å². The summed E-state index contributed by atoms with van der Waals surface area (Å²) in [6, 6.07) is 7.21. The lowest BCUT2D eigenvalue weighted by atomic mass is 9.79. The van der Waals surface area contributed by atoms with Crippen LogP contribution >= 0.6 is 0 Å². The summed E-state index contributed by atoms with van der Waals surface area (Å²) in [6.45, 7) is 7.50. The van der Waals surface area contributed by atoms with Gasteiger partial charge in [0.25, 0.3) is 0 Å². The van der Waals surface area contributed by atoms with Crippen LogP contribution in [0.5, 0.6) is 34.5 Å². The molecule has 0 amide bonds. The summed E-state index contributed by atoms with van der Waals surface area (Å²) in [4.78, 5) is 13.3. The zero-order valence-corrected chi connectivity index (χ0v) is 21.7. The Morgan fingerprint density at radius 2 is 0.971 bits per heavy atom. The fraction of sp³-hybridized carbons (Fsp3) is 0.444. The topological polar surface area (TPSA) is 72.5 Å². The van der Waals surface area contributed by atoms with Gasteiger partial charge in [-0.1, -0.05) is 5.92 Å². The maximum Gasteiger partial charge on any atom is 0.215 e. The lowest BCUT2D eigenvalue weighted by Gasteiger charge is -2.24. The minimum Gasteiger partial charge on any atom is -0.493 e. The van der Waals surface area contributed by atoms with Gasteiger partial charge in [-0.2, -0.15) is 0 Å². The summed E-state index contributed by atoms with van der Waals surface area (Å²) in [5, 5.41) is 0. The normalized spacial score (nSPS) is 11.1. The van der Waals surface area contributed by atoms with E-state index in [-0.39, 0.29) is 5.78 Å². The Hall–Kier alpha value is -3.53. The average Bonchev–Trinajstić information content (AvgIpc) is 2.84. The van der Waals surface area contributed by atoms with E-state index in [0.717, 1.165) is 5.56 Å². The number of ether oxygens (including phenoxy) is 6. The van der Waals surface area contributed by atoms with E-state index in [1.807, 2.05) is 39.8 Å². The molecule has 0 fully saturated rings. The van der Waals surface area contributed by atoms with E-state index in [9.17, 15) is 4.79 Å². The molecule has 0 atom stereocenters. The van der Waals surface area contributed by atoms with Crippen LogP contribution in [0, 0.1) is 11.8 Å². The zero-order chi connectivity index (χ0) is 25.7. The molecule has 184 valence electrons. The molecule has 0 saturated carbocycles. The largest absolute Gasteiger partial charge is 0.493 e. The van der Waals surface area contributed by atoms with E-state index in [1.165, 1.54) is 21.3 Å². The number of methoxy groups -OCH3 is 6. The van der Waals surface area contributed by atoms with Crippen LogP contribution in [0.1, 0.15) is 38.8 Å². The molecule has 0 aliphatic heterocycles. The summed E-state index contributed by atoms with van der Waals surface area (Å²) in [5.74, 6) is 8.70. The maximum atomic E-state index is 13.3. The van der Waals surface area contributed by atoms with Gasteiger partial charge in [0.2, 0.25) is 17.3 Å². The van der Waals surface area contributed by atoms with Crippen LogP contribution in [0.15, 0.2) is 24.3 Å². The molecule has 0 aliphatic carbocycles. The first-order valence-corrected chi connectivity index (χ1v) is 10.7. The number of hydrogen-bond acceptors (Lipinski definition) is 7. The molecule has 0 N–H and O–H groups in total. The van der Waals surface area contributed by atoms with Crippen LogP contribution in [0.2, 0.25) is 0 Å². The van der Waals surface area contributed by atoms with E-state index in [4.69, 9.17) is 28.4 Å². The summed E-state index contributed by atoms with van der Waals surface area (Å²) in [5.41, 5.74) is -0.0706. The lowest BCUT2D eigenvalue weighted by Crippen LogP contribution is -2.28. The molecule has 0 aromatic heterocycles. The Bertz CT molecular complexity index is 1050. The van der Waals surface area contributed by atoms with E-state index in [2.05, 4.69) is 11.8 Å². The second kappa shape index (κ2) is 10.6. The van der Waals surface area contributed by atoms with E-state index >= 15 is 0 Å². The van der Waals surface area contributed by atoms with E-state index in [0.29, 0.717) is 40.1 Å². The fourth-order valence-corrected chi connectivity index (χ4v) is 3.46. The minimum absolute atomic E-state index is 0.248. The molecule has 0 heterocycles. The summed E-state index contributed by atoms with van der Waals surface area (Å²) in [6.07, 6.45) is 0. The van der Waals surface area contributed by atoms with Crippen molar-refractivity contribution >= 4 is 5.78 Å². The molecule has 0 bridgehead atoms. The molecular weight excluding hydrogens is 436 g/mol. The Kier molecular flexibility index (Phi) is 8.33. The smallest absolute Gasteiger partial charge is 0.215 e. The highest BCUT2D eigenvalue weighted by Crippen LogP contribution is 2.43. The van der Waals surface area contributed by atoms with Crippen LogP contribution in [-0.4, -0.2) is 48.4 Å². The second-order valence-electron chi connectivity index (χ2n) is 8.66. The SMILES string of the molecule is COc1cc(C(C)(C)C#CC(=O)C(C)(C)c2cc(OC)c(OC)c(OC)c2)cc(OC)c1OC. The van der Waals surface area contributed by atoms with Crippen molar-refractivity contribution in [3.8, 4) is 46.3 Å². The third-order valence-electron chi connectivity index (χ3n) is 5.83. The molecule has 0 spiro atoms. The van der Waals surface area contributed by atoms with Gasteiger partial charge in [0.15, 0.2) is 23.0 Å². The van der Waals surface area contributed by atoms with Gasteiger partial charge < -0.3 is 28.4 Å². The number of Topliss-reactive ketones (excluding diaryl/α,β-unsaturated/α-hetero) is 1. The quantitative estimate of drug-likeness (QED) is 0.393. The molecule has 0 saturated heterocycles. The van der Waals surface area contributed by atoms with Gasteiger partial charge >= 0.3 is 0 Å². The molecule has 0 aliphatic rings. The highest BCUT2D eigenvalue weighted by Gasteiger charge is 2.32. The van der Waals surface area contributed by atoms with Gasteiger partial charge in [-0.05, 0) is 69.0 Å². The average molecular weight is 471 g/mol. The number of carbonyl (C=O) groups is 1. The molecule has 2 aromatic rings. The molecular formula is C27H34O7. The van der Waals surface area contributed by atoms with Crippen molar-refractivity contribution in [3.05, 3.63) is 35.4 Å². The number of rotatable bonds is 9. The van der Waals surface area contributed by atoms with Crippen LogP contribution < -0.4 is 28.4 Å². The molecule has 2 rings (SSSR count). The molecule has 34 heavy (non-hydrogen) atoms. The summed E-state index contributed by atoms with van der Waals surface area (Å²) >= 11 is 0. The van der Waals surface area contributed by atoms with Crippen molar-refractivity contribution in [1.82, 2.24) is 0 Å². The lowest BCUT2D eigenvalue weighted by molar-refractivity contribution is -0.118. The second-order valence-corrected chi connectivity index (χ2v) is 8.66. The first-order valence-electron chi connectivity index (χ1n) is 10.7. The first kappa shape index (κ1) is 26.7. The van der Waals surface area contributed by atoms with Crippen LogP contribution in [0.3, 0.4) is 0 Å². The highest BCUT2D eigenvalue weighted by molar-refractivity contribution is 6.03. The zero-order valence-electron chi connectivity index (χ0n) is 21.7. The van der Waals surface area contributed by atoms with Crippen molar-refractivity contribution in [1.29, 1.82) is 0 Å². The third-order valence-corrected chi connectivity index (χ3v) is 5.83. The van der Waals surface area contributed by atoms with Crippen molar-refractivity contribution in [2.75, 3.05) is 42.7 Å². The number of hydrogen-bond donors (Lipinski definition) is 0. The Labute approximate surface area is 202 Å². The molecule has 2 aromatic carbocycles. The number of carbonyl (C=O) groups excluding carboxylic acids is 1. The van der Waals surface area contributed by atoms with Crippen LogP contribution in [0.25, 0.3) is 0 Å². The molecule has 0 radical (unpaired) electrons. The van der Waals surface area contributed by atoms with Crippen LogP contribution in [0.4, 0.5) is 0 Å². The minimum atomic E-state index is -0.925. The predicted molar refractivity (Wildman–Crippen MR) is 131 cm³/mol. The summed E-state index contributed by atoms with van der Waals surface area (Å²) < 4.78 is 32.6. The Morgan fingerprint density at radius 1 is 0.618 bits per heavy atom. The molecule has 7 nitrogen and oxygen atoms in total. The highest BCUT2D eigenvalue weighted by atomic mass is 16.5. The first-order chi connectivity index (χ1) is 16.0. The van der Waals surface area contributed by atoms with Gasteiger partial charge in [-0.3, -0.25) is 4.79 Å². The fourth-order valence-electron chi connectivity index (χ4n) is 3.46. The standard InChI is InChI=1S/C27H34O7/c1-26(2,17-13-19(29-5)24(33-9)20(14-17)30-6)12-11-23(28)27(3,4)18-15-21(31-7)25(34-10)22(16-18)32-8/h13-16H,1-10H3. The Morgan fingerprint density at radius 3 is 1.29 bits per heavy atom. The maximum absolute atomic E-state index is 13.3. The van der Waals surface area contributed by atoms with Gasteiger partial charge in [0.1, 0.15) is 0 Å². The van der Waals surface area contributed by atoms with E-state index in [1.54, 1.807) is 33.5 Å². The predicted octanol–water partition coefficient (Wildman–Crippen LogP) is 4.57. The third kappa shape index (κ3) is 5.17. The monoisotopic (exact) mass is 470 g/mol. The van der Waals surface area contributed by atoms with E-state index < -0.39 is 10.8 Å². The number of ketones is 1. The van der Waals surface area contributed by atoms with Crippen molar-refractivity contribution in [2.45, 2.75) is 38.5 Å². The molecule has 0 unspecified atom stereocenters. The van der Waals surface area contributed by atoms with Gasteiger partial charge in [-0.15, -0.1) is 0 Å². The van der Waals surface area contributed by atoms with Crippen LogP contribution in [-0.2, 0) is 15.6 Å². The van der Waals surface area contributed by atoms with Gasteiger partial charge in [0.05, 0.1) is 53.5 Å². The van der Waals surface area contributed by atoms with Crippen molar-refractivity contribution in [2.24, 2.45) is 0 Å².